The van der Waals surface area contributed by atoms with Gasteiger partial charge in [0.2, 0.25) is 0 Å². The second-order valence-corrected chi connectivity index (χ2v) is 4.84. The average molecular weight is 260 g/mol. The van der Waals surface area contributed by atoms with Crippen molar-refractivity contribution < 1.29 is 9.64 Å². The summed E-state index contributed by atoms with van der Waals surface area (Å²) in [6, 6.07) is 26.9. The van der Waals surface area contributed by atoms with E-state index in [9.17, 15) is 0 Å². The van der Waals surface area contributed by atoms with Crippen LogP contribution in [0, 0.1) is 0 Å². The summed E-state index contributed by atoms with van der Waals surface area (Å²) in [6.45, 7) is 0. The summed E-state index contributed by atoms with van der Waals surface area (Å²) in [7, 11) is 0. The Bertz CT molecular complexity index is 707. The smallest absolute Gasteiger partial charge is 0.189 e. The van der Waals surface area contributed by atoms with E-state index in [1.54, 1.807) is 0 Å². The average Bonchev–Trinajstić information content (AvgIpc) is 2.53. The van der Waals surface area contributed by atoms with Gasteiger partial charge in [0.05, 0.1) is 0 Å². The summed E-state index contributed by atoms with van der Waals surface area (Å²) in [5.41, 5.74) is 3.52. The zero-order chi connectivity index (χ0) is 13.4. The van der Waals surface area contributed by atoms with Gasteiger partial charge in [-0.05, 0) is 24.3 Å². The van der Waals surface area contributed by atoms with E-state index in [-0.39, 0.29) is 0 Å². The number of rotatable bonds is 1. The SMILES string of the molecule is c1ccc([NH+]2c3ccccc3Oc3ccccc32)cc1. The van der Waals surface area contributed by atoms with Gasteiger partial charge in [-0.3, -0.25) is 0 Å². The van der Waals surface area contributed by atoms with Crippen LogP contribution in [0.2, 0.25) is 0 Å². The normalized spacial score (nSPS) is 13.2. The number of benzene rings is 3. The Morgan fingerprint density at radius 1 is 0.550 bits per heavy atom. The highest BCUT2D eigenvalue weighted by Crippen LogP contribution is 2.37. The van der Waals surface area contributed by atoms with Crippen molar-refractivity contribution in [1.82, 2.24) is 0 Å². The summed E-state index contributed by atoms with van der Waals surface area (Å²) in [6.07, 6.45) is 0. The molecule has 0 saturated carbocycles. The van der Waals surface area contributed by atoms with Gasteiger partial charge >= 0.3 is 0 Å². The molecular weight excluding hydrogens is 246 g/mol. The molecule has 0 bridgehead atoms. The molecule has 1 aliphatic heterocycles. The van der Waals surface area contributed by atoms with Crippen LogP contribution in [0.25, 0.3) is 0 Å². The summed E-state index contributed by atoms with van der Waals surface area (Å²) >= 11 is 0. The quantitative estimate of drug-likeness (QED) is 0.546. The lowest BCUT2D eigenvalue weighted by molar-refractivity contribution is -0.684. The highest BCUT2D eigenvalue weighted by atomic mass is 16.5. The molecule has 0 atom stereocenters. The fourth-order valence-electron chi connectivity index (χ4n) is 2.70. The van der Waals surface area contributed by atoms with Crippen molar-refractivity contribution in [3.8, 4) is 11.5 Å². The molecular formula is C18H14NO+. The molecule has 3 aromatic rings. The van der Waals surface area contributed by atoms with Gasteiger partial charge in [-0.1, -0.05) is 42.5 Å². The minimum atomic E-state index is 0.921. The highest BCUT2D eigenvalue weighted by Gasteiger charge is 2.30. The van der Waals surface area contributed by atoms with Gasteiger partial charge in [-0.2, -0.15) is 0 Å². The largest absolute Gasteiger partial charge is 0.445 e. The Balaban J connectivity index is 1.98. The maximum atomic E-state index is 6.01. The Labute approximate surface area is 117 Å². The third-order valence-corrected chi connectivity index (χ3v) is 3.60. The lowest BCUT2D eigenvalue weighted by atomic mass is 10.1. The summed E-state index contributed by atoms with van der Waals surface area (Å²) < 4.78 is 6.01. The zero-order valence-corrected chi connectivity index (χ0v) is 10.9. The number of para-hydroxylation sites is 5. The maximum absolute atomic E-state index is 6.01. The fraction of sp³-hybridized carbons (Fsp3) is 0. The molecule has 2 nitrogen and oxygen atoms in total. The molecule has 4 rings (SSSR count). The minimum absolute atomic E-state index is 0.921. The molecule has 2 heteroatoms. The van der Waals surface area contributed by atoms with Gasteiger partial charge in [0.1, 0.15) is 5.69 Å². The van der Waals surface area contributed by atoms with E-state index < -0.39 is 0 Å². The van der Waals surface area contributed by atoms with Crippen molar-refractivity contribution in [3.05, 3.63) is 78.9 Å². The zero-order valence-electron chi connectivity index (χ0n) is 10.9. The van der Waals surface area contributed by atoms with Crippen molar-refractivity contribution in [1.29, 1.82) is 0 Å². The van der Waals surface area contributed by atoms with E-state index in [0.717, 1.165) is 22.9 Å². The lowest BCUT2D eigenvalue weighted by Gasteiger charge is -2.26. The summed E-state index contributed by atoms with van der Waals surface area (Å²) in [5, 5.41) is 0. The van der Waals surface area contributed by atoms with Crippen molar-refractivity contribution >= 4 is 17.1 Å². The molecule has 0 aromatic heterocycles. The molecule has 0 spiro atoms. The molecule has 0 amide bonds. The van der Waals surface area contributed by atoms with E-state index in [1.165, 1.54) is 10.6 Å². The third-order valence-electron chi connectivity index (χ3n) is 3.60. The number of hydrogen-bond donors (Lipinski definition) is 1. The number of ether oxygens (including phenoxy) is 1. The fourth-order valence-corrected chi connectivity index (χ4v) is 2.70. The van der Waals surface area contributed by atoms with Crippen LogP contribution in [0.5, 0.6) is 11.5 Å². The van der Waals surface area contributed by atoms with Crippen LogP contribution in [-0.2, 0) is 0 Å². The molecule has 1 heterocycles. The van der Waals surface area contributed by atoms with Crippen molar-refractivity contribution in [2.24, 2.45) is 0 Å². The minimum Gasteiger partial charge on any atom is -0.445 e. The number of fused-ring (bicyclic) bond motifs is 2. The first-order valence-corrected chi connectivity index (χ1v) is 6.72. The standard InChI is InChI=1S/C18H13NO/c1-2-8-14(9-3-1)19-15-10-4-6-12-17(15)20-18-13-7-5-11-16(18)19/h1-13H/p+1. The molecule has 20 heavy (non-hydrogen) atoms. The van der Waals surface area contributed by atoms with Crippen molar-refractivity contribution in [2.45, 2.75) is 0 Å². The van der Waals surface area contributed by atoms with E-state index in [1.807, 2.05) is 30.3 Å². The Kier molecular flexibility index (Phi) is 2.54. The van der Waals surface area contributed by atoms with Crippen molar-refractivity contribution in [3.63, 3.8) is 0 Å². The molecule has 1 aliphatic rings. The molecule has 96 valence electrons. The molecule has 0 aliphatic carbocycles. The number of quaternary nitrogens is 1. The molecule has 0 fully saturated rings. The number of hydrogen-bond acceptors (Lipinski definition) is 1. The van der Waals surface area contributed by atoms with Crippen LogP contribution in [0.15, 0.2) is 78.9 Å². The van der Waals surface area contributed by atoms with Crippen LogP contribution >= 0.6 is 0 Å². The monoisotopic (exact) mass is 260 g/mol. The molecule has 3 aromatic carbocycles. The van der Waals surface area contributed by atoms with Gasteiger partial charge in [-0.15, -0.1) is 0 Å². The van der Waals surface area contributed by atoms with Crippen LogP contribution in [-0.4, -0.2) is 0 Å². The Hall–Kier alpha value is -2.58. The second kappa shape index (κ2) is 4.51. The van der Waals surface area contributed by atoms with Crippen molar-refractivity contribution in [2.75, 3.05) is 0 Å². The molecule has 0 saturated heterocycles. The van der Waals surface area contributed by atoms with Crippen LogP contribution in [0.4, 0.5) is 17.1 Å². The summed E-state index contributed by atoms with van der Waals surface area (Å²) in [5.74, 6) is 1.84. The molecule has 0 radical (unpaired) electrons. The Morgan fingerprint density at radius 2 is 1.05 bits per heavy atom. The summed E-state index contributed by atoms with van der Waals surface area (Å²) in [4.78, 5) is 1.24. The van der Waals surface area contributed by atoms with Gasteiger partial charge in [0.25, 0.3) is 0 Å². The van der Waals surface area contributed by atoms with Gasteiger partial charge in [0.15, 0.2) is 22.9 Å². The third kappa shape index (κ3) is 1.70. The molecule has 1 N–H and O–H groups in total. The van der Waals surface area contributed by atoms with E-state index in [4.69, 9.17) is 4.74 Å². The first-order chi connectivity index (χ1) is 9.93. The van der Waals surface area contributed by atoms with E-state index in [2.05, 4.69) is 48.5 Å². The highest BCUT2D eigenvalue weighted by molar-refractivity contribution is 5.62. The predicted octanol–water partition coefficient (Wildman–Crippen LogP) is 3.97. The molecule has 0 unspecified atom stereocenters. The van der Waals surface area contributed by atoms with Crippen LogP contribution in [0.1, 0.15) is 0 Å². The maximum Gasteiger partial charge on any atom is 0.189 e. The Morgan fingerprint density at radius 3 is 1.65 bits per heavy atom. The first kappa shape index (κ1) is 11.3. The van der Waals surface area contributed by atoms with Crippen LogP contribution in [0.3, 0.4) is 0 Å². The number of nitrogens with one attached hydrogen (secondary N) is 1. The van der Waals surface area contributed by atoms with Gasteiger partial charge in [-0.25, -0.2) is 4.90 Å². The van der Waals surface area contributed by atoms with Gasteiger partial charge in [0, 0.05) is 12.1 Å². The second-order valence-electron chi connectivity index (χ2n) is 4.84. The first-order valence-electron chi connectivity index (χ1n) is 6.72. The lowest BCUT2D eigenvalue weighted by Crippen LogP contribution is -2.97. The van der Waals surface area contributed by atoms with Gasteiger partial charge < -0.3 is 4.74 Å². The predicted molar refractivity (Wildman–Crippen MR) is 79.3 cm³/mol. The van der Waals surface area contributed by atoms with E-state index in [0.29, 0.717) is 0 Å². The van der Waals surface area contributed by atoms with Crippen LogP contribution < -0.4 is 9.64 Å². The van der Waals surface area contributed by atoms with E-state index >= 15 is 0 Å². The topological polar surface area (TPSA) is 13.7 Å².